The van der Waals surface area contributed by atoms with Crippen molar-refractivity contribution >= 4 is 62.1 Å². The molecule has 2 amide bonds. The van der Waals surface area contributed by atoms with Gasteiger partial charge >= 0.3 is 0 Å². The molecule has 0 aliphatic carbocycles. The molecule has 0 spiro atoms. The first kappa shape index (κ1) is 24.2. The van der Waals surface area contributed by atoms with E-state index in [4.69, 9.17) is 34.8 Å². The largest absolute Gasteiger partial charge is 0.347 e. The summed E-state index contributed by atoms with van der Waals surface area (Å²) in [6, 6.07) is 4.38. The molecule has 0 saturated carbocycles. The molecule has 1 aliphatic rings. The SMILES string of the molecule is CCc1cccc(CC)c1NC(=O)CNC1CS(=O)(=O)CC1NC(=O)C(Cl)(Cl)Cl. The number of carbonyl (C=O) groups excluding carboxylic acids is 2. The van der Waals surface area contributed by atoms with Gasteiger partial charge < -0.3 is 16.0 Å². The zero-order valence-electron chi connectivity index (χ0n) is 16.1. The fraction of sp³-hybridized carbons (Fsp3) is 0.556. The fourth-order valence-corrected chi connectivity index (χ4v) is 5.31. The predicted octanol–water partition coefficient (Wildman–Crippen LogP) is 1.99. The molecule has 2 rings (SSSR count). The summed E-state index contributed by atoms with van der Waals surface area (Å²) in [5, 5.41) is 8.23. The maximum Gasteiger partial charge on any atom is 0.272 e. The van der Waals surface area contributed by atoms with Gasteiger partial charge in [-0.15, -0.1) is 0 Å². The Balaban J connectivity index is 2.04. The van der Waals surface area contributed by atoms with Crippen molar-refractivity contribution in [2.45, 2.75) is 42.6 Å². The number of nitrogens with one attached hydrogen (secondary N) is 3. The number of aryl methyl sites for hydroxylation is 2. The smallest absolute Gasteiger partial charge is 0.272 e. The van der Waals surface area contributed by atoms with Gasteiger partial charge in [0.05, 0.1) is 24.1 Å². The normalized spacial score (nSPS) is 21.0. The highest BCUT2D eigenvalue weighted by atomic mass is 35.6. The summed E-state index contributed by atoms with van der Waals surface area (Å²) in [7, 11) is -3.40. The number of para-hydroxylation sites is 1. The molecule has 0 aromatic heterocycles. The molecule has 1 aromatic rings. The minimum atomic E-state index is -3.40. The van der Waals surface area contributed by atoms with Gasteiger partial charge in [0.1, 0.15) is 0 Å². The van der Waals surface area contributed by atoms with E-state index in [0.717, 1.165) is 29.7 Å². The van der Waals surface area contributed by atoms with Gasteiger partial charge in [0.2, 0.25) is 5.91 Å². The first-order valence-electron chi connectivity index (χ1n) is 9.19. The molecule has 0 radical (unpaired) electrons. The van der Waals surface area contributed by atoms with Crippen LogP contribution < -0.4 is 16.0 Å². The molecule has 7 nitrogen and oxygen atoms in total. The quantitative estimate of drug-likeness (QED) is 0.514. The Bertz CT molecular complexity index is 849. The molecule has 3 N–H and O–H groups in total. The van der Waals surface area contributed by atoms with Crippen LogP contribution in [0.15, 0.2) is 18.2 Å². The highest BCUT2D eigenvalue weighted by Crippen LogP contribution is 2.27. The van der Waals surface area contributed by atoms with Crippen LogP contribution in [0.1, 0.15) is 25.0 Å². The van der Waals surface area contributed by atoms with E-state index >= 15 is 0 Å². The second kappa shape index (κ2) is 9.83. The Morgan fingerprint density at radius 3 is 2.14 bits per heavy atom. The third kappa shape index (κ3) is 6.72. The summed E-state index contributed by atoms with van der Waals surface area (Å²) in [4.78, 5) is 24.4. The van der Waals surface area contributed by atoms with Crippen LogP contribution in [-0.4, -0.2) is 54.2 Å². The van der Waals surface area contributed by atoms with E-state index in [0.29, 0.717) is 0 Å². The third-order valence-corrected chi connectivity index (χ3v) is 6.96. The van der Waals surface area contributed by atoms with Crippen molar-refractivity contribution in [3.05, 3.63) is 29.3 Å². The van der Waals surface area contributed by atoms with Crippen LogP contribution in [0.3, 0.4) is 0 Å². The summed E-state index contributed by atoms with van der Waals surface area (Å²) in [6.45, 7) is 3.88. The van der Waals surface area contributed by atoms with Gasteiger partial charge in [-0.2, -0.15) is 0 Å². The number of sulfone groups is 1. The highest BCUT2D eigenvalue weighted by Gasteiger charge is 2.41. The zero-order chi connectivity index (χ0) is 21.8. The lowest BCUT2D eigenvalue weighted by Gasteiger charge is -2.22. The number of anilines is 1. The Labute approximate surface area is 185 Å². The van der Waals surface area contributed by atoms with Gasteiger partial charge in [-0.3, -0.25) is 9.59 Å². The minimum Gasteiger partial charge on any atom is -0.347 e. The Kier molecular flexibility index (Phi) is 8.21. The lowest BCUT2D eigenvalue weighted by atomic mass is 10.0. The van der Waals surface area contributed by atoms with E-state index in [2.05, 4.69) is 16.0 Å². The summed E-state index contributed by atoms with van der Waals surface area (Å²) in [6.07, 6.45) is 1.53. The molecule has 1 aliphatic heterocycles. The fourth-order valence-electron chi connectivity index (χ4n) is 3.25. The number of benzene rings is 1. The Hall–Kier alpha value is -1.06. The monoisotopic (exact) mass is 483 g/mol. The van der Waals surface area contributed by atoms with Crippen molar-refractivity contribution < 1.29 is 18.0 Å². The highest BCUT2D eigenvalue weighted by molar-refractivity contribution is 7.91. The number of rotatable bonds is 7. The van der Waals surface area contributed by atoms with Gasteiger partial charge in [-0.25, -0.2) is 8.42 Å². The average Bonchev–Trinajstić information content (AvgIpc) is 2.92. The summed E-state index contributed by atoms with van der Waals surface area (Å²) < 4.78 is 21.8. The summed E-state index contributed by atoms with van der Waals surface area (Å²) in [5.74, 6) is -1.74. The molecule has 1 saturated heterocycles. The van der Waals surface area contributed by atoms with Crippen molar-refractivity contribution in [1.29, 1.82) is 0 Å². The van der Waals surface area contributed by atoms with Gasteiger partial charge in [0.15, 0.2) is 9.84 Å². The predicted molar refractivity (Wildman–Crippen MR) is 116 cm³/mol. The van der Waals surface area contributed by atoms with E-state index in [-0.39, 0.29) is 24.0 Å². The number of alkyl halides is 3. The Morgan fingerprint density at radius 1 is 1.07 bits per heavy atom. The number of hydrogen-bond acceptors (Lipinski definition) is 5. The molecule has 29 heavy (non-hydrogen) atoms. The van der Waals surface area contributed by atoms with Crippen LogP contribution in [0.2, 0.25) is 0 Å². The number of carbonyl (C=O) groups is 2. The average molecular weight is 485 g/mol. The van der Waals surface area contributed by atoms with Crippen LogP contribution in [0, 0.1) is 0 Å². The minimum absolute atomic E-state index is 0.123. The first-order valence-corrected chi connectivity index (χ1v) is 12.1. The molecule has 2 atom stereocenters. The Morgan fingerprint density at radius 2 is 1.62 bits per heavy atom. The van der Waals surface area contributed by atoms with Gasteiger partial charge in [0.25, 0.3) is 9.70 Å². The number of amides is 2. The maximum atomic E-state index is 12.5. The van der Waals surface area contributed by atoms with Crippen LogP contribution >= 0.6 is 34.8 Å². The summed E-state index contributed by atoms with van der Waals surface area (Å²) in [5.41, 5.74) is 2.83. The molecule has 1 fully saturated rings. The lowest BCUT2D eigenvalue weighted by Crippen LogP contribution is -2.53. The van der Waals surface area contributed by atoms with E-state index in [1.54, 1.807) is 0 Å². The topological polar surface area (TPSA) is 104 Å². The molecule has 0 bridgehead atoms. The van der Waals surface area contributed by atoms with E-state index in [9.17, 15) is 18.0 Å². The van der Waals surface area contributed by atoms with Crippen molar-refractivity contribution in [3.63, 3.8) is 0 Å². The van der Waals surface area contributed by atoms with Crippen molar-refractivity contribution in [3.8, 4) is 0 Å². The van der Waals surface area contributed by atoms with E-state index < -0.39 is 31.6 Å². The zero-order valence-corrected chi connectivity index (χ0v) is 19.2. The lowest BCUT2D eigenvalue weighted by molar-refractivity contribution is -0.120. The molecule has 11 heteroatoms. The van der Waals surface area contributed by atoms with Crippen LogP contribution in [0.4, 0.5) is 5.69 Å². The van der Waals surface area contributed by atoms with E-state index in [1.165, 1.54) is 0 Å². The first-order chi connectivity index (χ1) is 13.5. The van der Waals surface area contributed by atoms with Gasteiger partial charge in [0, 0.05) is 11.7 Å². The van der Waals surface area contributed by atoms with E-state index in [1.807, 2.05) is 32.0 Å². The van der Waals surface area contributed by atoms with Crippen LogP contribution in [-0.2, 0) is 32.3 Å². The van der Waals surface area contributed by atoms with Crippen molar-refractivity contribution in [1.82, 2.24) is 10.6 Å². The number of hydrogen-bond donors (Lipinski definition) is 3. The summed E-state index contributed by atoms with van der Waals surface area (Å²) >= 11 is 16.6. The molecule has 1 heterocycles. The second-order valence-electron chi connectivity index (χ2n) is 6.85. The van der Waals surface area contributed by atoms with Crippen LogP contribution in [0.25, 0.3) is 0 Å². The van der Waals surface area contributed by atoms with Crippen molar-refractivity contribution in [2.24, 2.45) is 0 Å². The molecular weight excluding hydrogens is 461 g/mol. The molecule has 2 unspecified atom stereocenters. The molecule has 162 valence electrons. The molecular formula is C18H24Cl3N3O4S. The van der Waals surface area contributed by atoms with Crippen molar-refractivity contribution in [2.75, 3.05) is 23.4 Å². The maximum absolute atomic E-state index is 12.5. The number of halogens is 3. The second-order valence-corrected chi connectivity index (χ2v) is 11.3. The van der Waals surface area contributed by atoms with Crippen LogP contribution in [0.5, 0.6) is 0 Å². The standard InChI is InChI=1S/C18H24Cl3N3O4S/c1-3-11-6-5-7-12(4-2)16(11)24-15(25)8-22-13-9-29(27,28)10-14(13)23-17(26)18(19,20)21/h5-7,13-14,22H,3-4,8-10H2,1-2H3,(H,23,26)(H,24,25). The third-order valence-electron chi connectivity index (χ3n) is 4.71. The van der Waals surface area contributed by atoms with Gasteiger partial charge in [-0.1, -0.05) is 66.8 Å². The van der Waals surface area contributed by atoms with Gasteiger partial charge in [-0.05, 0) is 24.0 Å². The molecule has 1 aromatic carbocycles.